The average Bonchev–Trinajstić information content (AvgIpc) is 2.49. The number of rotatable bonds is 3. The molecule has 3 fully saturated rings. The molecule has 1 N–H and O–H groups in total. The Kier molecular flexibility index (Phi) is 4.92. The number of fused-ring (bicyclic) bond motifs is 1. The standard InChI is InChI=1S/C18H35N3/c1-4-19-17-16(9-7-10-18(17,2)3)21-13-12-20-11-6-5-8-15(20)14-21/h15-17,19H,4-14H2,1-3H3. The van der Waals surface area contributed by atoms with Crippen molar-refractivity contribution in [2.24, 2.45) is 5.41 Å². The molecule has 21 heavy (non-hydrogen) atoms. The van der Waals surface area contributed by atoms with Crippen LogP contribution < -0.4 is 5.32 Å². The molecule has 1 saturated carbocycles. The Labute approximate surface area is 131 Å². The first-order valence-corrected chi connectivity index (χ1v) is 9.33. The summed E-state index contributed by atoms with van der Waals surface area (Å²) in [6.45, 7) is 13.6. The normalized spacial score (nSPS) is 38.1. The van der Waals surface area contributed by atoms with E-state index in [1.807, 2.05) is 0 Å². The number of hydrogen-bond donors (Lipinski definition) is 1. The lowest BCUT2D eigenvalue weighted by molar-refractivity contribution is -0.0147. The molecular formula is C18H35N3. The van der Waals surface area contributed by atoms with Gasteiger partial charge in [0.2, 0.25) is 0 Å². The first-order chi connectivity index (χ1) is 10.1. The molecule has 0 spiro atoms. The molecule has 2 saturated heterocycles. The van der Waals surface area contributed by atoms with E-state index in [9.17, 15) is 0 Å². The Hall–Kier alpha value is -0.120. The Morgan fingerprint density at radius 2 is 1.81 bits per heavy atom. The SMILES string of the molecule is CCNC1C(N2CCN3CCCCC3C2)CCCC1(C)C. The molecule has 3 unspecified atom stereocenters. The first kappa shape index (κ1) is 15.8. The van der Waals surface area contributed by atoms with Crippen LogP contribution in [0, 0.1) is 5.41 Å². The number of nitrogens with one attached hydrogen (secondary N) is 1. The van der Waals surface area contributed by atoms with E-state index >= 15 is 0 Å². The molecule has 3 nitrogen and oxygen atoms in total. The van der Waals surface area contributed by atoms with Crippen LogP contribution in [0.25, 0.3) is 0 Å². The number of piperazine rings is 1. The molecule has 3 atom stereocenters. The molecule has 3 aliphatic rings. The average molecular weight is 293 g/mol. The molecule has 0 aromatic rings. The van der Waals surface area contributed by atoms with Gasteiger partial charge in [0.1, 0.15) is 0 Å². The third kappa shape index (κ3) is 3.30. The van der Waals surface area contributed by atoms with Crippen LogP contribution in [0.2, 0.25) is 0 Å². The van der Waals surface area contributed by atoms with Gasteiger partial charge in [-0.15, -0.1) is 0 Å². The molecule has 2 heterocycles. The maximum Gasteiger partial charge on any atom is 0.0274 e. The van der Waals surface area contributed by atoms with Gasteiger partial charge in [0.05, 0.1) is 0 Å². The van der Waals surface area contributed by atoms with Crippen LogP contribution in [-0.4, -0.2) is 60.6 Å². The van der Waals surface area contributed by atoms with E-state index in [0.29, 0.717) is 11.5 Å². The summed E-state index contributed by atoms with van der Waals surface area (Å²) < 4.78 is 0. The summed E-state index contributed by atoms with van der Waals surface area (Å²) in [6.07, 6.45) is 8.48. The summed E-state index contributed by atoms with van der Waals surface area (Å²) >= 11 is 0. The highest BCUT2D eigenvalue weighted by atomic mass is 15.3. The zero-order valence-electron chi connectivity index (χ0n) is 14.4. The van der Waals surface area contributed by atoms with Gasteiger partial charge in [0, 0.05) is 37.8 Å². The fourth-order valence-corrected chi connectivity index (χ4v) is 5.12. The topological polar surface area (TPSA) is 18.5 Å². The number of likely N-dealkylation sites (N-methyl/N-ethyl adjacent to an activating group) is 1. The fraction of sp³-hybridized carbons (Fsp3) is 1.00. The highest BCUT2D eigenvalue weighted by Crippen LogP contribution is 2.38. The van der Waals surface area contributed by atoms with E-state index in [1.165, 1.54) is 64.7 Å². The van der Waals surface area contributed by atoms with E-state index in [1.54, 1.807) is 0 Å². The second kappa shape index (κ2) is 6.55. The molecule has 2 aliphatic heterocycles. The molecule has 3 rings (SSSR count). The number of piperidine rings is 1. The lowest BCUT2D eigenvalue weighted by Crippen LogP contribution is -2.64. The minimum atomic E-state index is 0.447. The van der Waals surface area contributed by atoms with Crippen molar-refractivity contribution in [3.63, 3.8) is 0 Å². The van der Waals surface area contributed by atoms with Gasteiger partial charge in [-0.2, -0.15) is 0 Å². The zero-order valence-corrected chi connectivity index (χ0v) is 14.4. The quantitative estimate of drug-likeness (QED) is 0.863. The predicted molar refractivity (Wildman–Crippen MR) is 89.7 cm³/mol. The monoisotopic (exact) mass is 293 g/mol. The third-order valence-electron chi connectivity index (χ3n) is 6.31. The molecule has 0 radical (unpaired) electrons. The zero-order chi connectivity index (χ0) is 14.9. The van der Waals surface area contributed by atoms with Crippen LogP contribution in [0.1, 0.15) is 59.3 Å². The van der Waals surface area contributed by atoms with Gasteiger partial charge in [0.25, 0.3) is 0 Å². The summed E-state index contributed by atoms with van der Waals surface area (Å²) in [5.41, 5.74) is 0.447. The minimum absolute atomic E-state index is 0.447. The van der Waals surface area contributed by atoms with Crippen molar-refractivity contribution in [3.8, 4) is 0 Å². The van der Waals surface area contributed by atoms with Crippen LogP contribution in [-0.2, 0) is 0 Å². The minimum Gasteiger partial charge on any atom is -0.312 e. The van der Waals surface area contributed by atoms with Crippen LogP contribution in [0.3, 0.4) is 0 Å². The Morgan fingerprint density at radius 1 is 1.00 bits per heavy atom. The van der Waals surface area contributed by atoms with Gasteiger partial charge in [-0.05, 0) is 44.2 Å². The fourth-order valence-electron chi connectivity index (χ4n) is 5.12. The van der Waals surface area contributed by atoms with Crippen molar-refractivity contribution in [1.82, 2.24) is 15.1 Å². The van der Waals surface area contributed by atoms with Gasteiger partial charge in [0.15, 0.2) is 0 Å². The molecule has 3 heteroatoms. The maximum absolute atomic E-state index is 3.84. The van der Waals surface area contributed by atoms with Gasteiger partial charge in [-0.25, -0.2) is 0 Å². The van der Waals surface area contributed by atoms with Crippen molar-refractivity contribution < 1.29 is 0 Å². The highest BCUT2D eigenvalue weighted by molar-refractivity contribution is 5.00. The van der Waals surface area contributed by atoms with Crippen LogP contribution in [0.5, 0.6) is 0 Å². The van der Waals surface area contributed by atoms with Crippen LogP contribution >= 0.6 is 0 Å². The summed E-state index contributed by atoms with van der Waals surface area (Å²) in [5, 5.41) is 3.84. The molecule has 0 amide bonds. The Bertz CT molecular complexity index is 341. The van der Waals surface area contributed by atoms with E-state index in [0.717, 1.165) is 18.6 Å². The van der Waals surface area contributed by atoms with E-state index in [2.05, 4.69) is 35.9 Å². The van der Waals surface area contributed by atoms with Crippen molar-refractivity contribution in [2.75, 3.05) is 32.7 Å². The lowest BCUT2D eigenvalue weighted by atomic mass is 9.70. The van der Waals surface area contributed by atoms with Crippen molar-refractivity contribution in [1.29, 1.82) is 0 Å². The van der Waals surface area contributed by atoms with Crippen LogP contribution in [0.15, 0.2) is 0 Å². The Morgan fingerprint density at radius 3 is 2.62 bits per heavy atom. The smallest absolute Gasteiger partial charge is 0.0274 e. The van der Waals surface area contributed by atoms with Gasteiger partial charge >= 0.3 is 0 Å². The summed E-state index contributed by atoms with van der Waals surface area (Å²) in [5.74, 6) is 0. The molecule has 0 aromatic heterocycles. The van der Waals surface area contributed by atoms with E-state index in [-0.39, 0.29) is 0 Å². The first-order valence-electron chi connectivity index (χ1n) is 9.33. The Balaban J connectivity index is 1.69. The van der Waals surface area contributed by atoms with Crippen molar-refractivity contribution in [2.45, 2.75) is 77.4 Å². The lowest BCUT2D eigenvalue weighted by Gasteiger charge is -2.53. The number of hydrogen-bond acceptors (Lipinski definition) is 3. The molecule has 122 valence electrons. The summed E-state index contributed by atoms with van der Waals surface area (Å²) in [6, 6.07) is 2.28. The van der Waals surface area contributed by atoms with Gasteiger partial charge in [-0.3, -0.25) is 9.80 Å². The summed E-state index contributed by atoms with van der Waals surface area (Å²) in [4.78, 5) is 5.61. The molecule has 0 aromatic carbocycles. The second-order valence-electron chi connectivity index (χ2n) is 8.16. The molecular weight excluding hydrogens is 258 g/mol. The summed E-state index contributed by atoms with van der Waals surface area (Å²) in [7, 11) is 0. The van der Waals surface area contributed by atoms with E-state index < -0.39 is 0 Å². The third-order valence-corrected chi connectivity index (χ3v) is 6.31. The predicted octanol–water partition coefficient (Wildman–Crippen LogP) is 2.71. The van der Waals surface area contributed by atoms with E-state index in [4.69, 9.17) is 0 Å². The molecule has 1 aliphatic carbocycles. The maximum atomic E-state index is 3.84. The van der Waals surface area contributed by atoms with Crippen molar-refractivity contribution >= 4 is 0 Å². The second-order valence-corrected chi connectivity index (χ2v) is 8.16. The van der Waals surface area contributed by atoms with Crippen LogP contribution in [0.4, 0.5) is 0 Å². The largest absolute Gasteiger partial charge is 0.312 e. The highest BCUT2D eigenvalue weighted by Gasteiger charge is 2.42. The molecule has 0 bridgehead atoms. The van der Waals surface area contributed by atoms with Crippen molar-refractivity contribution in [3.05, 3.63) is 0 Å². The number of nitrogens with zero attached hydrogens (tertiary/aromatic N) is 2. The van der Waals surface area contributed by atoms with Gasteiger partial charge in [-0.1, -0.05) is 33.6 Å². The van der Waals surface area contributed by atoms with Gasteiger partial charge < -0.3 is 5.32 Å².